The summed E-state index contributed by atoms with van der Waals surface area (Å²) in [6.07, 6.45) is 2.80. The Kier molecular flexibility index (Phi) is 2.24. The third kappa shape index (κ3) is 1.73. The van der Waals surface area contributed by atoms with E-state index in [1.165, 1.54) is 0 Å². The molecule has 0 aliphatic heterocycles. The van der Waals surface area contributed by atoms with Crippen molar-refractivity contribution in [3.05, 3.63) is 11.9 Å². The van der Waals surface area contributed by atoms with Gasteiger partial charge in [-0.3, -0.25) is 0 Å². The molecule has 1 aromatic rings. The molecule has 0 amide bonds. The first-order valence-electron chi connectivity index (χ1n) is 5.05. The lowest BCUT2D eigenvalue weighted by Gasteiger charge is -2.39. The minimum atomic E-state index is -0.582. The third-order valence-corrected chi connectivity index (χ3v) is 2.97. The highest BCUT2D eigenvalue weighted by Gasteiger charge is 2.42. The first-order valence-corrected chi connectivity index (χ1v) is 5.05. The van der Waals surface area contributed by atoms with Crippen LogP contribution in [0.1, 0.15) is 44.5 Å². The molecule has 1 saturated carbocycles. The second-order valence-corrected chi connectivity index (χ2v) is 4.53. The molecule has 2 rings (SSSR count). The molecule has 1 aliphatic carbocycles. The Hall–Kier alpha value is -1.41. The molecule has 0 bridgehead atoms. The van der Waals surface area contributed by atoms with Gasteiger partial charge in [-0.05, 0) is 26.7 Å². The fraction of sp³-hybridized carbons (Fsp3) is 0.700. The SMILES string of the molecule is C[C@H](O)c1cn(C2CC(C)(C#N)C2)nn1. The molecular weight excluding hydrogens is 192 g/mol. The number of aromatic nitrogens is 3. The van der Waals surface area contributed by atoms with Crippen LogP contribution in [0.2, 0.25) is 0 Å². The summed E-state index contributed by atoms with van der Waals surface area (Å²) in [7, 11) is 0. The minimum absolute atomic E-state index is 0.207. The van der Waals surface area contributed by atoms with Crippen molar-refractivity contribution in [1.29, 1.82) is 5.26 Å². The summed E-state index contributed by atoms with van der Waals surface area (Å²) in [6, 6.07) is 2.56. The van der Waals surface area contributed by atoms with Crippen molar-refractivity contribution in [3.63, 3.8) is 0 Å². The lowest BCUT2D eigenvalue weighted by Crippen LogP contribution is -2.35. The van der Waals surface area contributed by atoms with E-state index < -0.39 is 6.10 Å². The summed E-state index contributed by atoms with van der Waals surface area (Å²) >= 11 is 0. The van der Waals surface area contributed by atoms with Crippen LogP contribution in [0.25, 0.3) is 0 Å². The van der Waals surface area contributed by atoms with Crippen molar-refractivity contribution in [1.82, 2.24) is 15.0 Å². The number of nitrogens with zero attached hydrogens (tertiary/aromatic N) is 4. The molecule has 1 aliphatic rings. The molecule has 1 atom stereocenters. The van der Waals surface area contributed by atoms with E-state index >= 15 is 0 Å². The van der Waals surface area contributed by atoms with E-state index in [0.29, 0.717) is 5.69 Å². The Morgan fingerprint density at radius 1 is 1.73 bits per heavy atom. The van der Waals surface area contributed by atoms with Gasteiger partial charge in [0.2, 0.25) is 0 Å². The van der Waals surface area contributed by atoms with Gasteiger partial charge in [0, 0.05) is 0 Å². The van der Waals surface area contributed by atoms with E-state index in [0.717, 1.165) is 12.8 Å². The van der Waals surface area contributed by atoms with Gasteiger partial charge in [-0.15, -0.1) is 5.10 Å². The van der Waals surface area contributed by atoms with E-state index in [2.05, 4.69) is 16.4 Å². The summed E-state index contributed by atoms with van der Waals surface area (Å²) in [5, 5.41) is 26.0. The van der Waals surface area contributed by atoms with E-state index in [1.807, 2.05) is 6.92 Å². The quantitative estimate of drug-likeness (QED) is 0.788. The molecule has 15 heavy (non-hydrogen) atoms. The van der Waals surface area contributed by atoms with Gasteiger partial charge < -0.3 is 5.11 Å². The molecule has 0 saturated heterocycles. The summed E-state index contributed by atoms with van der Waals surface area (Å²) in [6.45, 7) is 3.62. The number of hydrogen-bond acceptors (Lipinski definition) is 4. The van der Waals surface area contributed by atoms with Crippen LogP contribution in [0.5, 0.6) is 0 Å². The van der Waals surface area contributed by atoms with Crippen LogP contribution in [-0.4, -0.2) is 20.1 Å². The fourth-order valence-corrected chi connectivity index (χ4v) is 1.92. The molecule has 0 unspecified atom stereocenters. The van der Waals surface area contributed by atoms with E-state index in [9.17, 15) is 5.11 Å². The number of nitriles is 1. The van der Waals surface area contributed by atoms with Crippen LogP contribution in [0.3, 0.4) is 0 Å². The Morgan fingerprint density at radius 3 is 2.87 bits per heavy atom. The fourth-order valence-electron chi connectivity index (χ4n) is 1.92. The standard InChI is InChI=1S/C10H14N4O/c1-7(15)9-5-14(13-12-9)8-3-10(2,4-8)6-11/h5,7-8,15H,3-4H2,1-2H3/t7-,8?,10?/m0/s1. The van der Waals surface area contributed by atoms with Crippen molar-refractivity contribution in [2.45, 2.75) is 38.8 Å². The molecule has 1 aromatic heterocycles. The molecule has 0 aromatic carbocycles. The van der Waals surface area contributed by atoms with Crippen molar-refractivity contribution >= 4 is 0 Å². The lowest BCUT2D eigenvalue weighted by atomic mass is 9.68. The van der Waals surface area contributed by atoms with Crippen LogP contribution >= 0.6 is 0 Å². The third-order valence-electron chi connectivity index (χ3n) is 2.97. The number of hydrogen-bond donors (Lipinski definition) is 1. The maximum absolute atomic E-state index is 9.29. The highest BCUT2D eigenvalue weighted by atomic mass is 16.3. The predicted molar refractivity (Wildman–Crippen MR) is 52.6 cm³/mol. The molecule has 0 spiro atoms. The van der Waals surface area contributed by atoms with E-state index in [1.54, 1.807) is 17.8 Å². The normalized spacial score (nSPS) is 31.7. The Bertz CT molecular complexity index is 398. The smallest absolute Gasteiger partial charge is 0.111 e. The first kappa shape index (κ1) is 10.1. The second kappa shape index (κ2) is 3.31. The zero-order valence-electron chi connectivity index (χ0n) is 8.88. The number of rotatable bonds is 2. The largest absolute Gasteiger partial charge is 0.387 e. The Balaban J connectivity index is 2.05. The van der Waals surface area contributed by atoms with E-state index in [-0.39, 0.29) is 11.5 Å². The molecule has 80 valence electrons. The first-order chi connectivity index (χ1) is 7.04. The molecular formula is C10H14N4O. The van der Waals surface area contributed by atoms with Crippen LogP contribution in [0.15, 0.2) is 6.20 Å². The van der Waals surface area contributed by atoms with Gasteiger partial charge in [-0.2, -0.15) is 5.26 Å². The molecule has 1 N–H and O–H groups in total. The molecule has 0 radical (unpaired) electrons. The van der Waals surface area contributed by atoms with Gasteiger partial charge in [0.05, 0.1) is 29.8 Å². The van der Waals surface area contributed by atoms with Gasteiger partial charge in [-0.1, -0.05) is 5.21 Å². The average Bonchev–Trinajstić information content (AvgIpc) is 2.61. The van der Waals surface area contributed by atoms with Crippen LogP contribution < -0.4 is 0 Å². The lowest BCUT2D eigenvalue weighted by molar-refractivity contribution is 0.131. The summed E-state index contributed by atoms with van der Waals surface area (Å²) in [4.78, 5) is 0. The zero-order chi connectivity index (χ0) is 11.1. The highest BCUT2D eigenvalue weighted by Crippen LogP contribution is 2.47. The zero-order valence-corrected chi connectivity index (χ0v) is 8.88. The van der Waals surface area contributed by atoms with Gasteiger partial charge >= 0.3 is 0 Å². The minimum Gasteiger partial charge on any atom is -0.387 e. The predicted octanol–water partition coefficient (Wildman–Crippen LogP) is 1.20. The Morgan fingerprint density at radius 2 is 2.40 bits per heavy atom. The maximum atomic E-state index is 9.29. The van der Waals surface area contributed by atoms with Crippen molar-refractivity contribution in [3.8, 4) is 6.07 Å². The number of aliphatic hydroxyl groups is 1. The van der Waals surface area contributed by atoms with Crippen LogP contribution in [0.4, 0.5) is 0 Å². The van der Waals surface area contributed by atoms with Gasteiger partial charge in [0.25, 0.3) is 0 Å². The van der Waals surface area contributed by atoms with Crippen molar-refractivity contribution in [2.24, 2.45) is 5.41 Å². The highest BCUT2D eigenvalue weighted by molar-refractivity contribution is 5.08. The Labute approximate surface area is 88.3 Å². The maximum Gasteiger partial charge on any atom is 0.111 e. The van der Waals surface area contributed by atoms with Gasteiger partial charge in [-0.25, -0.2) is 4.68 Å². The van der Waals surface area contributed by atoms with Crippen LogP contribution in [-0.2, 0) is 0 Å². The number of aliphatic hydroxyl groups excluding tert-OH is 1. The summed E-state index contributed by atoms with van der Waals surface area (Å²) in [5.41, 5.74) is 0.377. The second-order valence-electron chi connectivity index (χ2n) is 4.53. The molecule has 1 heterocycles. The summed E-state index contributed by atoms with van der Waals surface area (Å²) in [5.74, 6) is 0. The molecule has 1 fully saturated rings. The van der Waals surface area contributed by atoms with Crippen molar-refractivity contribution in [2.75, 3.05) is 0 Å². The monoisotopic (exact) mass is 206 g/mol. The summed E-state index contributed by atoms with van der Waals surface area (Å²) < 4.78 is 1.75. The molecule has 5 heteroatoms. The van der Waals surface area contributed by atoms with Gasteiger partial charge in [0.15, 0.2) is 0 Å². The van der Waals surface area contributed by atoms with E-state index in [4.69, 9.17) is 5.26 Å². The van der Waals surface area contributed by atoms with Crippen LogP contribution in [0, 0.1) is 16.7 Å². The van der Waals surface area contributed by atoms with Crippen molar-refractivity contribution < 1.29 is 5.11 Å². The van der Waals surface area contributed by atoms with Gasteiger partial charge in [0.1, 0.15) is 5.69 Å². The topological polar surface area (TPSA) is 74.7 Å². The average molecular weight is 206 g/mol. The molecule has 5 nitrogen and oxygen atoms in total.